The number of carbonyl (C=O) groups is 2. The topological polar surface area (TPSA) is 103 Å². The van der Waals surface area contributed by atoms with Crippen LogP contribution in [0.2, 0.25) is 0 Å². The summed E-state index contributed by atoms with van der Waals surface area (Å²) in [5, 5.41) is 15.8. The number of carbonyl (C=O) groups excluding carboxylic acids is 2. The Kier molecular flexibility index (Phi) is 11.6. The minimum absolute atomic E-state index is 0.0359. The minimum Gasteiger partial charge on any atom is -0.490 e. The molecule has 1 heterocycles. The molecule has 2 aromatic rings. The third-order valence-electron chi connectivity index (χ3n) is 8.10. The largest absolute Gasteiger partial charge is 0.490 e. The van der Waals surface area contributed by atoms with Gasteiger partial charge >= 0.3 is 6.03 Å². The fourth-order valence-electron chi connectivity index (χ4n) is 5.40. The standard InChI is InChI=1S/C33H48N4O5/c1-23-19-37(24(2)22-38)32(39)29-18-28(35-33(40)34-27-11-6-5-7-12-27)15-16-30(29)42-25(3)10-8-9-17-41-31(23)21-36(4)20-26-13-14-26/h5-7,11-12,15-16,18,23-26,31,38H,8-10,13-14,17,19-22H2,1-4H3,(H2,34,35,40)/t23-,24+,25+,31+/m0/s1. The van der Waals surface area contributed by atoms with E-state index >= 15 is 0 Å². The molecular formula is C33H48N4O5. The maximum atomic E-state index is 14.2. The number of para-hydroxylation sites is 1. The monoisotopic (exact) mass is 580 g/mol. The third kappa shape index (κ3) is 9.44. The minimum atomic E-state index is -0.416. The first-order valence-electron chi connectivity index (χ1n) is 15.4. The van der Waals surface area contributed by atoms with Crippen molar-refractivity contribution in [3.63, 3.8) is 0 Å². The molecule has 0 aromatic heterocycles. The van der Waals surface area contributed by atoms with Gasteiger partial charge in [0.25, 0.3) is 5.91 Å². The smallest absolute Gasteiger partial charge is 0.323 e. The van der Waals surface area contributed by atoms with E-state index in [2.05, 4.69) is 29.5 Å². The van der Waals surface area contributed by atoms with Gasteiger partial charge in [0.05, 0.1) is 30.4 Å². The molecule has 1 aliphatic heterocycles. The number of rotatable bonds is 8. The van der Waals surface area contributed by atoms with E-state index in [1.54, 1.807) is 35.2 Å². The number of likely N-dealkylation sites (N-methyl/N-ethyl adjacent to an activating group) is 1. The highest BCUT2D eigenvalue weighted by atomic mass is 16.5. The summed E-state index contributed by atoms with van der Waals surface area (Å²) in [6.45, 7) is 8.76. The van der Waals surface area contributed by atoms with Gasteiger partial charge in [-0.05, 0) is 89.2 Å². The number of nitrogens with zero attached hydrogens (tertiary/aromatic N) is 2. The van der Waals surface area contributed by atoms with Gasteiger partial charge in [-0.15, -0.1) is 0 Å². The van der Waals surface area contributed by atoms with Crippen LogP contribution in [0.1, 0.15) is 63.2 Å². The zero-order chi connectivity index (χ0) is 30.1. The highest BCUT2D eigenvalue weighted by Crippen LogP contribution is 2.31. The number of benzene rings is 2. The molecule has 42 heavy (non-hydrogen) atoms. The van der Waals surface area contributed by atoms with Crippen LogP contribution in [0.5, 0.6) is 5.75 Å². The highest BCUT2D eigenvalue weighted by molar-refractivity contribution is 6.02. The predicted molar refractivity (Wildman–Crippen MR) is 166 cm³/mol. The van der Waals surface area contributed by atoms with Crippen molar-refractivity contribution in [2.45, 2.75) is 71.1 Å². The van der Waals surface area contributed by atoms with Crippen molar-refractivity contribution < 1.29 is 24.2 Å². The van der Waals surface area contributed by atoms with Gasteiger partial charge in [0.2, 0.25) is 0 Å². The summed E-state index contributed by atoms with van der Waals surface area (Å²) in [7, 11) is 2.15. The second-order valence-electron chi connectivity index (χ2n) is 12.1. The van der Waals surface area contributed by atoms with Crippen LogP contribution in [0, 0.1) is 11.8 Å². The second-order valence-corrected chi connectivity index (χ2v) is 12.1. The number of aliphatic hydroxyl groups is 1. The maximum Gasteiger partial charge on any atom is 0.323 e. The highest BCUT2D eigenvalue weighted by Gasteiger charge is 2.31. The summed E-state index contributed by atoms with van der Waals surface area (Å²) in [6, 6.07) is 13.5. The van der Waals surface area contributed by atoms with Crippen molar-refractivity contribution in [1.29, 1.82) is 0 Å². The van der Waals surface area contributed by atoms with Gasteiger partial charge in [-0.25, -0.2) is 4.79 Å². The summed E-state index contributed by atoms with van der Waals surface area (Å²) >= 11 is 0. The van der Waals surface area contributed by atoms with Crippen LogP contribution in [0.15, 0.2) is 48.5 Å². The fourth-order valence-corrected chi connectivity index (χ4v) is 5.40. The number of amides is 3. The molecule has 1 aliphatic carbocycles. The third-order valence-corrected chi connectivity index (χ3v) is 8.10. The Morgan fingerprint density at radius 1 is 1.05 bits per heavy atom. The van der Waals surface area contributed by atoms with E-state index in [4.69, 9.17) is 9.47 Å². The summed E-state index contributed by atoms with van der Waals surface area (Å²) in [6.07, 6.45) is 5.16. The molecule has 4 atom stereocenters. The molecule has 0 saturated heterocycles. The maximum absolute atomic E-state index is 14.2. The van der Waals surface area contributed by atoms with Crippen LogP contribution in [-0.4, -0.2) is 85.0 Å². The predicted octanol–water partition coefficient (Wildman–Crippen LogP) is 5.47. The van der Waals surface area contributed by atoms with Gasteiger partial charge in [-0.2, -0.15) is 0 Å². The number of hydrogen-bond donors (Lipinski definition) is 3. The number of nitrogens with one attached hydrogen (secondary N) is 2. The van der Waals surface area contributed by atoms with E-state index in [0.717, 1.165) is 38.3 Å². The Balaban J connectivity index is 1.59. The quantitative estimate of drug-likeness (QED) is 0.383. The van der Waals surface area contributed by atoms with Crippen LogP contribution >= 0.6 is 0 Å². The molecule has 4 rings (SSSR count). The molecule has 0 unspecified atom stereocenters. The zero-order valence-electron chi connectivity index (χ0n) is 25.6. The van der Waals surface area contributed by atoms with Crippen LogP contribution in [0.4, 0.5) is 16.2 Å². The van der Waals surface area contributed by atoms with Gasteiger partial charge in [-0.3, -0.25) is 4.79 Å². The molecular weight excluding hydrogens is 532 g/mol. The number of ether oxygens (including phenoxy) is 2. The molecule has 2 aromatic carbocycles. The molecule has 0 radical (unpaired) electrons. The van der Waals surface area contributed by atoms with Crippen molar-refractivity contribution in [3.8, 4) is 5.75 Å². The van der Waals surface area contributed by atoms with Crippen LogP contribution in [0.25, 0.3) is 0 Å². The molecule has 1 saturated carbocycles. The van der Waals surface area contributed by atoms with Gasteiger partial charge in [-0.1, -0.05) is 25.1 Å². The average molecular weight is 581 g/mol. The number of urea groups is 1. The van der Waals surface area contributed by atoms with Gasteiger partial charge in [0.15, 0.2) is 0 Å². The number of hydrogen-bond acceptors (Lipinski definition) is 6. The van der Waals surface area contributed by atoms with E-state index < -0.39 is 12.1 Å². The Morgan fingerprint density at radius 3 is 2.50 bits per heavy atom. The fraction of sp³-hybridized carbons (Fsp3) is 0.576. The molecule has 9 heteroatoms. The van der Waals surface area contributed by atoms with Crippen LogP contribution in [0.3, 0.4) is 0 Å². The van der Waals surface area contributed by atoms with Crippen LogP contribution in [-0.2, 0) is 4.74 Å². The molecule has 9 nitrogen and oxygen atoms in total. The first-order chi connectivity index (χ1) is 20.2. The van der Waals surface area contributed by atoms with Gasteiger partial charge < -0.3 is 35.0 Å². The van der Waals surface area contributed by atoms with E-state index in [1.807, 2.05) is 32.0 Å². The van der Waals surface area contributed by atoms with Gasteiger partial charge in [0.1, 0.15) is 5.75 Å². The lowest BCUT2D eigenvalue weighted by atomic mass is 10.0. The summed E-state index contributed by atoms with van der Waals surface area (Å²) in [5.74, 6) is 1.04. The lowest BCUT2D eigenvalue weighted by Crippen LogP contribution is -2.47. The molecule has 0 spiro atoms. The van der Waals surface area contributed by atoms with Crippen molar-refractivity contribution >= 4 is 23.3 Å². The van der Waals surface area contributed by atoms with E-state index in [9.17, 15) is 14.7 Å². The van der Waals surface area contributed by atoms with Gasteiger partial charge in [0, 0.05) is 43.5 Å². The molecule has 2 aliphatic rings. The Bertz CT molecular complexity index is 1160. The van der Waals surface area contributed by atoms with E-state index in [1.165, 1.54) is 12.8 Å². The molecule has 230 valence electrons. The molecule has 3 amide bonds. The normalized spacial score (nSPS) is 23.0. The average Bonchev–Trinajstić information content (AvgIpc) is 3.79. The molecule has 0 bridgehead atoms. The summed E-state index contributed by atoms with van der Waals surface area (Å²) in [5.41, 5.74) is 1.49. The zero-order valence-corrected chi connectivity index (χ0v) is 25.6. The lowest BCUT2D eigenvalue weighted by Gasteiger charge is -2.36. The molecule has 1 fully saturated rings. The van der Waals surface area contributed by atoms with E-state index in [-0.39, 0.29) is 30.6 Å². The first kappa shape index (κ1) is 31.8. The van der Waals surface area contributed by atoms with Crippen LogP contribution < -0.4 is 15.4 Å². The summed E-state index contributed by atoms with van der Waals surface area (Å²) < 4.78 is 12.7. The second kappa shape index (κ2) is 15.4. The first-order valence-corrected chi connectivity index (χ1v) is 15.4. The summed E-state index contributed by atoms with van der Waals surface area (Å²) in [4.78, 5) is 31.0. The molecule has 3 N–H and O–H groups in total. The lowest BCUT2D eigenvalue weighted by molar-refractivity contribution is -0.0172. The van der Waals surface area contributed by atoms with Crippen molar-refractivity contribution in [2.75, 3.05) is 50.5 Å². The van der Waals surface area contributed by atoms with Crippen molar-refractivity contribution in [2.24, 2.45) is 11.8 Å². The van der Waals surface area contributed by atoms with Crippen molar-refractivity contribution in [3.05, 3.63) is 54.1 Å². The Labute approximate surface area is 250 Å². The number of anilines is 2. The number of aliphatic hydroxyl groups excluding tert-OH is 1. The Hall–Kier alpha value is -3.14. The number of fused-ring (bicyclic) bond motifs is 1. The van der Waals surface area contributed by atoms with Crippen molar-refractivity contribution in [1.82, 2.24) is 9.80 Å². The SMILES string of the molecule is C[C@@H]1CCCCO[C@H](CN(C)CC2CC2)[C@@H](C)CN([C@H](C)CO)C(=O)c2cc(NC(=O)Nc3ccccc3)ccc2O1. The Morgan fingerprint density at radius 2 is 1.79 bits per heavy atom. The van der Waals surface area contributed by atoms with E-state index in [0.29, 0.717) is 35.8 Å².